The Labute approximate surface area is 192 Å². The second-order valence-electron chi connectivity index (χ2n) is 8.71. The zero-order valence-electron chi connectivity index (χ0n) is 19.1. The normalized spacial score (nSPS) is 16.5. The van der Waals surface area contributed by atoms with E-state index in [1.807, 2.05) is 37.4 Å². The maximum atomic E-state index is 13.8. The zero-order valence-corrected chi connectivity index (χ0v) is 19.1. The van der Waals surface area contributed by atoms with Crippen molar-refractivity contribution in [3.63, 3.8) is 0 Å². The van der Waals surface area contributed by atoms with Gasteiger partial charge in [0.2, 0.25) is 0 Å². The minimum atomic E-state index is -0.187. The van der Waals surface area contributed by atoms with Crippen LogP contribution in [0.1, 0.15) is 29.3 Å². The molecule has 3 heterocycles. The van der Waals surface area contributed by atoms with Crippen molar-refractivity contribution >= 4 is 10.9 Å². The van der Waals surface area contributed by atoms with Crippen LogP contribution in [0.25, 0.3) is 10.9 Å². The molecule has 0 radical (unpaired) electrons. The molecule has 1 N–H and O–H groups in total. The van der Waals surface area contributed by atoms with Crippen LogP contribution in [0, 0.1) is 5.82 Å². The number of fused-ring (bicyclic) bond motifs is 1. The van der Waals surface area contributed by atoms with E-state index in [1.54, 1.807) is 13.2 Å². The third kappa shape index (κ3) is 4.59. The van der Waals surface area contributed by atoms with E-state index in [9.17, 15) is 4.39 Å². The number of para-hydroxylation sites is 2. The van der Waals surface area contributed by atoms with E-state index in [0.29, 0.717) is 12.5 Å². The lowest BCUT2D eigenvalue weighted by atomic mass is 10.0. The van der Waals surface area contributed by atoms with Gasteiger partial charge >= 0.3 is 0 Å². The molecule has 33 heavy (non-hydrogen) atoms. The van der Waals surface area contributed by atoms with Gasteiger partial charge in [0.25, 0.3) is 0 Å². The van der Waals surface area contributed by atoms with Gasteiger partial charge in [-0.1, -0.05) is 12.1 Å². The summed E-state index contributed by atoms with van der Waals surface area (Å²) in [4.78, 5) is 2.43. The summed E-state index contributed by atoms with van der Waals surface area (Å²) in [5.74, 6) is 1.70. The highest BCUT2D eigenvalue weighted by molar-refractivity contribution is 5.84. The van der Waals surface area contributed by atoms with E-state index in [-0.39, 0.29) is 5.82 Å². The first-order valence-electron chi connectivity index (χ1n) is 11.4. The van der Waals surface area contributed by atoms with Crippen LogP contribution in [0.5, 0.6) is 11.5 Å². The molecular weight excluding hydrogens is 419 g/mol. The number of nitrogens with zero attached hydrogens (tertiary/aromatic N) is 3. The molecule has 6 nitrogen and oxygen atoms in total. The minimum absolute atomic E-state index is 0.187. The molecule has 4 aromatic rings. The molecular formula is C26H29FN4O2. The molecule has 1 aliphatic heterocycles. The van der Waals surface area contributed by atoms with Crippen LogP contribution in [0.4, 0.5) is 4.39 Å². The van der Waals surface area contributed by atoms with Gasteiger partial charge in [-0.15, -0.1) is 0 Å². The first-order valence-corrected chi connectivity index (χ1v) is 11.4. The number of aromatic nitrogens is 3. The van der Waals surface area contributed by atoms with Gasteiger partial charge in [0.15, 0.2) is 11.5 Å². The van der Waals surface area contributed by atoms with Gasteiger partial charge in [0.1, 0.15) is 5.82 Å². The largest absolute Gasteiger partial charge is 0.493 e. The molecule has 5 rings (SSSR count). The summed E-state index contributed by atoms with van der Waals surface area (Å²) in [6.07, 6.45) is 3.94. The summed E-state index contributed by atoms with van der Waals surface area (Å²) in [6, 6.07) is 14.8. The number of nitrogens with one attached hydrogen (secondary N) is 1. The Morgan fingerprint density at radius 2 is 2.00 bits per heavy atom. The van der Waals surface area contributed by atoms with Gasteiger partial charge in [-0.25, -0.2) is 4.39 Å². The van der Waals surface area contributed by atoms with Crippen molar-refractivity contribution in [1.29, 1.82) is 0 Å². The molecule has 1 atom stereocenters. The highest BCUT2D eigenvalue weighted by atomic mass is 19.1. The van der Waals surface area contributed by atoms with Gasteiger partial charge in [-0.05, 0) is 54.9 Å². The van der Waals surface area contributed by atoms with Crippen LogP contribution in [-0.2, 0) is 20.0 Å². The Kier molecular flexibility index (Phi) is 6.05. The first kappa shape index (κ1) is 21.5. The van der Waals surface area contributed by atoms with Crippen molar-refractivity contribution in [2.24, 2.45) is 7.05 Å². The third-order valence-corrected chi connectivity index (χ3v) is 6.47. The van der Waals surface area contributed by atoms with E-state index in [1.165, 1.54) is 11.6 Å². The lowest BCUT2D eigenvalue weighted by molar-refractivity contribution is 0.296. The highest BCUT2D eigenvalue weighted by Gasteiger charge is 2.26. The summed E-state index contributed by atoms with van der Waals surface area (Å²) >= 11 is 0. The van der Waals surface area contributed by atoms with Crippen LogP contribution in [0.2, 0.25) is 0 Å². The predicted molar refractivity (Wildman–Crippen MR) is 126 cm³/mol. The number of halogens is 1. The fourth-order valence-electron chi connectivity index (χ4n) is 4.76. The first-order chi connectivity index (χ1) is 16.1. The van der Waals surface area contributed by atoms with E-state index >= 15 is 0 Å². The number of H-pyrrole nitrogens is 1. The SMILES string of the molecule is COc1ccccc1OCCc1cc(C2CCN(Cc3cn(C)c4ccc(F)cc34)C2)n[nH]1. The molecule has 0 spiro atoms. The molecule has 0 bridgehead atoms. The number of aryl methyl sites for hydroxylation is 1. The summed E-state index contributed by atoms with van der Waals surface area (Å²) in [6.45, 7) is 3.33. The van der Waals surface area contributed by atoms with Crippen molar-refractivity contribution in [2.75, 3.05) is 26.8 Å². The molecule has 1 fully saturated rings. The second kappa shape index (κ2) is 9.27. The van der Waals surface area contributed by atoms with Crippen molar-refractivity contribution in [3.8, 4) is 11.5 Å². The number of ether oxygens (including phenoxy) is 2. The van der Waals surface area contributed by atoms with Gasteiger partial charge in [0, 0.05) is 55.3 Å². The van der Waals surface area contributed by atoms with Crippen LogP contribution in [0.15, 0.2) is 54.7 Å². The lowest BCUT2D eigenvalue weighted by Crippen LogP contribution is -2.19. The number of benzene rings is 2. The fraction of sp³-hybridized carbons (Fsp3) is 0.346. The summed E-state index contributed by atoms with van der Waals surface area (Å²) in [5, 5.41) is 8.75. The Balaban J connectivity index is 1.17. The summed E-state index contributed by atoms with van der Waals surface area (Å²) in [7, 11) is 3.66. The highest BCUT2D eigenvalue weighted by Crippen LogP contribution is 2.30. The molecule has 2 aromatic carbocycles. The van der Waals surface area contributed by atoms with Crippen LogP contribution in [-0.4, -0.2) is 46.5 Å². The monoisotopic (exact) mass is 448 g/mol. The van der Waals surface area contributed by atoms with Gasteiger partial charge in [-0.3, -0.25) is 10.00 Å². The van der Waals surface area contributed by atoms with Crippen LogP contribution in [0.3, 0.4) is 0 Å². The molecule has 2 aromatic heterocycles. The molecule has 1 saturated heterocycles. The number of methoxy groups -OCH3 is 1. The van der Waals surface area contributed by atoms with E-state index < -0.39 is 0 Å². The fourth-order valence-corrected chi connectivity index (χ4v) is 4.76. The third-order valence-electron chi connectivity index (χ3n) is 6.47. The quantitative estimate of drug-likeness (QED) is 0.426. The van der Waals surface area contributed by atoms with Gasteiger partial charge in [-0.2, -0.15) is 5.10 Å². The standard InChI is InChI=1S/C26H29FN4O2/c1-30-15-19(22-13-20(27)7-8-24(22)30)17-31-11-9-18(16-31)23-14-21(28-29-23)10-12-33-26-6-4-3-5-25(26)32-2/h3-8,13-15,18H,9-12,16-17H2,1-2H3,(H,28,29). The number of hydrogen-bond donors (Lipinski definition) is 1. The van der Waals surface area contributed by atoms with Crippen molar-refractivity contribution in [2.45, 2.75) is 25.3 Å². The van der Waals surface area contributed by atoms with Crippen LogP contribution < -0.4 is 9.47 Å². The number of rotatable bonds is 8. The summed E-state index contributed by atoms with van der Waals surface area (Å²) in [5.41, 5.74) is 4.41. The average Bonchev–Trinajstić information content (AvgIpc) is 3.54. The molecule has 0 aliphatic carbocycles. The second-order valence-corrected chi connectivity index (χ2v) is 8.71. The van der Waals surface area contributed by atoms with Crippen molar-refractivity contribution in [1.82, 2.24) is 19.7 Å². The van der Waals surface area contributed by atoms with E-state index in [4.69, 9.17) is 9.47 Å². The zero-order chi connectivity index (χ0) is 22.8. The Morgan fingerprint density at radius 3 is 2.85 bits per heavy atom. The average molecular weight is 449 g/mol. The maximum absolute atomic E-state index is 13.8. The topological polar surface area (TPSA) is 55.3 Å². The Morgan fingerprint density at radius 1 is 1.15 bits per heavy atom. The predicted octanol–water partition coefficient (Wildman–Crippen LogP) is 4.66. The Hall–Kier alpha value is -3.32. The number of hydrogen-bond acceptors (Lipinski definition) is 4. The van der Waals surface area contributed by atoms with Crippen molar-refractivity contribution < 1.29 is 13.9 Å². The van der Waals surface area contributed by atoms with Crippen molar-refractivity contribution in [3.05, 3.63) is 77.5 Å². The van der Waals surface area contributed by atoms with E-state index in [0.717, 1.165) is 66.3 Å². The molecule has 7 heteroatoms. The molecule has 0 saturated carbocycles. The number of likely N-dealkylation sites (tertiary alicyclic amines) is 1. The Bertz CT molecular complexity index is 1250. The maximum Gasteiger partial charge on any atom is 0.161 e. The number of aromatic amines is 1. The smallest absolute Gasteiger partial charge is 0.161 e. The summed E-state index contributed by atoms with van der Waals surface area (Å²) < 4.78 is 27.1. The molecule has 1 unspecified atom stereocenters. The van der Waals surface area contributed by atoms with E-state index in [2.05, 4.69) is 31.9 Å². The van der Waals surface area contributed by atoms with Crippen LogP contribution >= 0.6 is 0 Å². The molecule has 1 aliphatic rings. The minimum Gasteiger partial charge on any atom is -0.493 e. The van der Waals surface area contributed by atoms with Gasteiger partial charge in [0.05, 0.1) is 19.4 Å². The van der Waals surface area contributed by atoms with Gasteiger partial charge < -0.3 is 14.0 Å². The lowest BCUT2D eigenvalue weighted by Gasteiger charge is -2.15. The molecule has 172 valence electrons. The molecule has 0 amide bonds.